The van der Waals surface area contributed by atoms with E-state index in [1.165, 1.54) is 23.4 Å². The molecule has 1 saturated carbocycles. The van der Waals surface area contributed by atoms with Crippen molar-refractivity contribution in [3.8, 4) is 0 Å². The molecule has 2 aromatic rings. The largest absolute Gasteiger partial charge is 0.345 e. The monoisotopic (exact) mass is 501 g/mol. The highest BCUT2D eigenvalue weighted by Crippen LogP contribution is 2.44. The fourth-order valence-corrected chi connectivity index (χ4v) is 3.64. The van der Waals surface area contributed by atoms with Crippen LogP contribution in [-0.2, 0) is 0 Å². The zero-order valence-electron chi connectivity index (χ0n) is 23.4. The van der Waals surface area contributed by atoms with E-state index in [4.69, 9.17) is 0 Å². The second-order valence-electron chi connectivity index (χ2n) is 8.81. The van der Waals surface area contributed by atoms with Gasteiger partial charge >= 0.3 is 0 Å². The van der Waals surface area contributed by atoms with Crippen molar-refractivity contribution in [3.63, 3.8) is 0 Å². The van der Waals surface area contributed by atoms with E-state index in [-0.39, 0.29) is 0 Å². The molecule has 2 aromatic carbocycles. The molecule has 0 aliphatic heterocycles. The summed E-state index contributed by atoms with van der Waals surface area (Å²) < 4.78 is 0. The Hall–Kier alpha value is -4.06. The highest BCUT2D eigenvalue weighted by Gasteiger charge is 2.35. The van der Waals surface area contributed by atoms with E-state index < -0.39 is 0 Å². The summed E-state index contributed by atoms with van der Waals surface area (Å²) in [5.74, 6) is 1.66. The van der Waals surface area contributed by atoms with Crippen molar-refractivity contribution < 1.29 is 0 Å². The van der Waals surface area contributed by atoms with E-state index in [2.05, 4.69) is 85.3 Å². The van der Waals surface area contributed by atoms with Crippen molar-refractivity contribution in [3.05, 3.63) is 174 Å². The molecule has 1 fully saturated rings. The minimum absolute atomic E-state index is 0.813. The average Bonchev–Trinajstić information content (AvgIpc) is 3.82. The normalized spacial score (nSPS) is 18.5. The predicted octanol–water partition coefficient (Wildman–Crippen LogP) is 9.94. The first kappa shape index (κ1) is 30.2. The summed E-state index contributed by atoms with van der Waals surface area (Å²) in [6, 6.07) is 22.3. The van der Waals surface area contributed by atoms with E-state index >= 15 is 0 Å². The van der Waals surface area contributed by atoms with Crippen LogP contribution in [0.4, 0.5) is 0 Å². The van der Waals surface area contributed by atoms with Gasteiger partial charge in [0, 0.05) is 18.4 Å². The molecule has 38 heavy (non-hydrogen) atoms. The third-order valence-electron chi connectivity index (χ3n) is 5.85. The molecular weight excluding hydrogens is 458 g/mol. The number of aryl methyl sites for hydroxylation is 1. The molecule has 0 spiro atoms. The number of benzene rings is 2. The molecule has 0 aromatic heterocycles. The molecule has 0 heterocycles. The average molecular weight is 502 g/mol. The number of fused-ring (bicyclic) bond motifs is 1. The molecular formula is C37H43N. The quantitative estimate of drug-likeness (QED) is 0.370. The van der Waals surface area contributed by atoms with E-state index in [9.17, 15) is 0 Å². The standard InChI is InChI=1S/C15H17N.C7H8.C7H6.C6H6.C2H6/c1-16(14-6-4-2-3-5-7-14)15-9-8-12-10-13(12)11-15;1-7-5-3-2-4-6-7;1-2-4-6-7-5-3-1;1-2-4-6-5-3-1;1-2/h2,4-9,11-13H,3,10H2,1H3;2-6H,1H3;1-6H;1-6H;1-2H3. The summed E-state index contributed by atoms with van der Waals surface area (Å²) in [7, 11) is 2.15. The summed E-state index contributed by atoms with van der Waals surface area (Å²) in [5.41, 5.74) is 6.85. The summed E-state index contributed by atoms with van der Waals surface area (Å²) in [6.45, 7) is 6.08. The molecule has 1 heteroatoms. The fourth-order valence-electron chi connectivity index (χ4n) is 3.64. The molecule has 0 radical (unpaired) electrons. The SMILES string of the molecule is C1=CC=CC=CC=1.CC.CN(C1=CC=CCC=C1)C1=CC2CC2C=C1.Cc1ccccc1.c1ccccc1. The number of hydrogen-bond acceptors (Lipinski definition) is 1. The minimum Gasteiger partial charge on any atom is -0.345 e. The van der Waals surface area contributed by atoms with Gasteiger partial charge in [-0.25, -0.2) is 0 Å². The molecule has 6 rings (SSSR count). The zero-order valence-corrected chi connectivity index (χ0v) is 23.4. The van der Waals surface area contributed by atoms with Crippen molar-refractivity contribution >= 4 is 0 Å². The maximum absolute atomic E-state index is 2.92. The molecule has 0 saturated heterocycles. The highest BCUT2D eigenvalue weighted by atomic mass is 15.1. The van der Waals surface area contributed by atoms with Gasteiger partial charge in [-0.1, -0.05) is 141 Å². The lowest BCUT2D eigenvalue weighted by Crippen LogP contribution is -2.15. The van der Waals surface area contributed by atoms with Crippen LogP contribution in [0.15, 0.2) is 169 Å². The molecule has 0 amide bonds. The van der Waals surface area contributed by atoms with Crippen LogP contribution in [-0.4, -0.2) is 11.9 Å². The van der Waals surface area contributed by atoms with Gasteiger partial charge in [-0.15, -0.1) is 5.73 Å². The molecule has 4 aliphatic rings. The smallest absolute Gasteiger partial charge is 0.0404 e. The van der Waals surface area contributed by atoms with Crippen molar-refractivity contribution in [2.24, 2.45) is 11.8 Å². The number of nitrogens with zero attached hydrogens (tertiary/aromatic N) is 1. The van der Waals surface area contributed by atoms with Gasteiger partial charge in [-0.05, 0) is 62.0 Å². The van der Waals surface area contributed by atoms with E-state index in [1.807, 2.05) is 105 Å². The van der Waals surface area contributed by atoms with E-state index in [0.29, 0.717) is 0 Å². The van der Waals surface area contributed by atoms with Crippen LogP contribution in [0.2, 0.25) is 0 Å². The maximum atomic E-state index is 2.92. The first-order chi connectivity index (χ1) is 18.7. The highest BCUT2D eigenvalue weighted by molar-refractivity contribution is 5.36. The van der Waals surface area contributed by atoms with Gasteiger partial charge < -0.3 is 4.90 Å². The summed E-state index contributed by atoms with van der Waals surface area (Å²) in [6.07, 6.45) is 31.9. The van der Waals surface area contributed by atoms with E-state index in [1.54, 1.807) is 0 Å². The molecule has 196 valence electrons. The summed E-state index contributed by atoms with van der Waals surface area (Å²) in [4.78, 5) is 2.28. The maximum Gasteiger partial charge on any atom is 0.0404 e. The van der Waals surface area contributed by atoms with Gasteiger partial charge in [0.2, 0.25) is 0 Å². The Kier molecular flexibility index (Phi) is 15.2. The first-order valence-corrected chi connectivity index (χ1v) is 13.7. The van der Waals surface area contributed by atoms with Crippen molar-refractivity contribution in [1.29, 1.82) is 0 Å². The molecule has 1 nitrogen and oxygen atoms in total. The lowest BCUT2D eigenvalue weighted by molar-refractivity contribution is 0.546. The van der Waals surface area contributed by atoms with Gasteiger partial charge in [0.1, 0.15) is 0 Å². The van der Waals surface area contributed by atoms with Crippen LogP contribution in [0, 0.1) is 18.8 Å². The van der Waals surface area contributed by atoms with Gasteiger partial charge in [0.25, 0.3) is 0 Å². The van der Waals surface area contributed by atoms with Gasteiger partial charge in [0.05, 0.1) is 0 Å². The summed E-state index contributed by atoms with van der Waals surface area (Å²) >= 11 is 0. The fraction of sp³-hybridized carbons (Fsp3) is 0.216. The van der Waals surface area contributed by atoms with Crippen LogP contribution >= 0.6 is 0 Å². The topological polar surface area (TPSA) is 3.24 Å². The number of allylic oxidation sites excluding steroid dienone is 13. The van der Waals surface area contributed by atoms with Gasteiger partial charge in [0.15, 0.2) is 0 Å². The lowest BCUT2D eigenvalue weighted by atomic mass is 10.1. The number of likely N-dealkylation sites (N-methyl/N-ethyl adjacent to an activating group) is 1. The van der Waals surface area contributed by atoms with Gasteiger partial charge in [-0.2, -0.15) is 0 Å². The number of rotatable bonds is 2. The predicted molar refractivity (Wildman–Crippen MR) is 167 cm³/mol. The Morgan fingerprint density at radius 2 is 1.29 bits per heavy atom. The first-order valence-electron chi connectivity index (χ1n) is 13.7. The molecule has 4 aliphatic carbocycles. The van der Waals surface area contributed by atoms with Crippen LogP contribution < -0.4 is 0 Å². The Morgan fingerprint density at radius 3 is 1.84 bits per heavy atom. The second-order valence-corrected chi connectivity index (χ2v) is 8.81. The van der Waals surface area contributed by atoms with Crippen molar-refractivity contribution in [2.75, 3.05) is 7.05 Å². The Labute approximate surface area is 231 Å². The molecule has 0 N–H and O–H groups in total. The minimum atomic E-state index is 0.813. The molecule has 0 bridgehead atoms. The van der Waals surface area contributed by atoms with E-state index in [0.717, 1.165) is 18.3 Å². The second kappa shape index (κ2) is 19.1. The van der Waals surface area contributed by atoms with Gasteiger partial charge in [-0.3, -0.25) is 0 Å². The zero-order chi connectivity index (χ0) is 27.3. The van der Waals surface area contributed by atoms with Crippen LogP contribution in [0.1, 0.15) is 32.3 Å². The molecule has 2 atom stereocenters. The lowest BCUT2D eigenvalue weighted by Gasteiger charge is -2.23. The number of hydrogen-bond donors (Lipinski definition) is 0. The van der Waals surface area contributed by atoms with Crippen LogP contribution in [0.25, 0.3) is 0 Å². The van der Waals surface area contributed by atoms with Crippen LogP contribution in [0.3, 0.4) is 0 Å². The summed E-state index contributed by atoms with van der Waals surface area (Å²) in [5, 5.41) is 0. The van der Waals surface area contributed by atoms with Crippen LogP contribution in [0.5, 0.6) is 0 Å². The third-order valence-corrected chi connectivity index (χ3v) is 5.85. The molecule has 2 unspecified atom stereocenters. The Bertz CT molecular complexity index is 1140. The Morgan fingerprint density at radius 1 is 0.684 bits per heavy atom. The van der Waals surface area contributed by atoms with Crippen molar-refractivity contribution in [1.82, 2.24) is 4.90 Å². The third kappa shape index (κ3) is 12.8. The van der Waals surface area contributed by atoms with Crippen molar-refractivity contribution in [2.45, 2.75) is 33.6 Å². The Balaban J connectivity index is 0.000000193.